The van der Waals surface area contributed by atoms with Crippen molar-refractivity contribution >= 4 is 17.2 Å². The number of aromatic nitrogens is 4. The summed E-state index contributed by atoms with van der Waals surface area (Å²) in [4.78, 5) is 16.6. The fourth-order valence-corrected chi connectivity index (χ4v) is 2.76. The average molecular weight is 311 g/mol. The Morgan fingerprint density at radius 3 is 3.17 bits per heavy atom. The zero-order chi connectivity index (χ0) is 15.6. The van der Waals surface area contributed by atoms with Gasteiger partial charge in [-0.1, -0.05) is 6.07 Å². The van der Waals surface area contributed by atoms with Gasteiger partial charge in [0.2, 0.25) is 0 Å². The topological polar surface area (TPSA) is 73.5 Å². The summed E-state index contributed by atoms with van der Waals surface area (Å²) in [5, 5.41) is 7.09. The Hall–Kier alpha value is -2.67. The highest BCUT2D eigenvalue weighted by molar-refractivity contribution is 6.03. The molecule has 0 saturated carbocycles. The van der Waals surface area contributed by atoms with Gasteiger partial charge in [0.15, 0.2) is 0 Å². The lowest BCUT2D eigenvalue weighted by Gasteiger charge is -2.08. The maximum absolute atomic E-state index is 12.3. The van der Waals surface area contributed by atoms with Crippen LogP contribution in [0.15, 0.2) is 43.0 Å². The minimum absolute atomic E-state index is 0.219. The van der Waals surface area contributed by atoms with Crippen molar-refractivity contribution in [3.63, 3.8) is 0 Å². The molecule has 1 aliphatic heterocycles. The van der Waals surface area contributed by atoms with Gasteiger partial charge in [-0.05, 0) is 25.0 Å². The fraction of sp³-hybridized carbons (Fsp3) is 0.312. The predicted molar refractivity (Wildman–Crippen MR) is 84.3 cm³/mol. The van der Waals surface area contributed by atoms with Crippen molar-refractivity contribution in [3.8, 4) is 0 Å². The van der Waals surface area contributed by atoms with Crippen LogP contribution in [-0.4, -0.2) is 37.8 Å². The van der Waals surface area contributed by atoms with Gasteiger partial charge in [-0.15, -0.1) is 0 Å². The molecule has 0 bridgehead atoms. The molecule has 1 N–H and O–H groups in total. The highest BCUT2D eigenvalue weighted by atomic mass is 16.5. The third-order valence-corrected chi connectivity index (χ3v) is 3.90. The summed E-state index contributed by atoms with van der Waals surface area (Å²) in [5.41, 5.74) is 1.78. The van der Waals surface area contributed by atoms with Crippen LogP contribution in [0.4, 0.5) is 5.69 Å². The lowest BCUT2D eigenvalue weighted by Crippen LogP contribution is -2.15. The second-order valence-electron chi connectivity index (χ2n) is 5.63. The molecule has 4 rings (SSSR count). The monoisotopic (exact) mass is 311 g/mol. The van der Waals surface area contributed by atoms with E-state index in [2.05, 4.69) is 15.4 Å². The van der Waals surface area contributed by atoms with Crippen molar-refractivity contribution in [1.82, 2.24) is 19.2 Å². The number of nitrogens with one attached hydrogen (secondary N) is 1. The van der Waals surface area contributed by atoms with Crippen LogP contribution in [0.5, 0.6) is 0 Å². The van der Waals surface area contributed by atoms with Gasteiger partial charge in [-0.25, -0.2) is 4.98 Å². The number of amides is 1. The summed E-state index contributed by atoms with van der Waals surface area (Å²) in [5.74, 6) is -0.245. The molecule has 7 nitrogen and oxygen atoms in total. The number of imidazole rings is 1. The standard InChI is InChI=1S/C16H17N5O2/c22-16(14-11-20-6-2-1-5-15(20)19-14)18-12-8-17-21(9-12)10-13-4-3-7-23-13/h1-2,5-6,8-9,11,13H,3-4,7,10H2,(H,18,22)/t13-/m0/s1. The zero-order valence-corrected chi connectivity index (χ0v) is 12.6. The van der Waals surface area contributed by atoms with E-state index in [1.807, 2.05) is 35.0 Å². The molecule has 3 aromatic heterocycles. The lowest BCUT2D eigenvalue weighted by molar-refractivity contribution is 0.0940. The quantitative estimate of drug-likeness (QED) is 0.799. The van der Waals surface area contributed by atoms with E-state index in [9.17, 15) is 4.79 Å². The van der Waals surface area contributed by atoms with Crippen LogP contribution in [0.25, 0.3) is 5.65 Å². The summed E-state index contributed by atoms with van der Waals surface area (Å²) < 4.78 is 9.21. The van der Waals surface area contributed by atoms with Gasteiger partial charge >= 0.3 is 0 Å². The molecule has 0 spiro atoms. The van der Waals surface area contributed by atoms with Gasteiger partial charge in [0.25, 0.3) is 5.91 Å². The predicted octanol–water partition coefficient (Wildman–Crippen LogP) is 1.96. The van der Waals surface area contributed by atoms with Crippen molar-refractivity contribution in [2.75, 3.05) is 11.9 Å². The molecular weight excluding hydrogens is 294 g/mol. The fourth-order valence-electron chi connectivity index (χ4n) is 2.76. The van der Waals surface area contributed by atoms with Crippen molar-refractivity contribution in [3.05, 3.63) is 48.7 Å². The molecule has 1 saturated heterocycles. The van der Waals surface area contributed by atoms with Crippen molar-refractivity contribution in [2.24, 2.45) is 0 Å². The maximum Gasteiger partial charge on any atom is 0.275 e. The SMILES string of the molecule is O=C(Nc1cnn(C[C@@H]2CCCO2)c1)c1cn2ccccc2n1. The number of hydrogen-bond donors (Lipinski definition) is 1. The Kier molecular flexibility index (Phi) is 3.55. The van der Waals surface area contributed by atoms with Gasteiger partial charge in [0, 0.05) is 25.2 Å². The molecule has 1 amide bonds. The number of rotatable bonds is 4. The van der Waals surface area contributed by atoms with E-state index in [1.54, 1.807) is 17.1 Å². The molecule has 0 unspecified atom stereocenters. The Morgan fingerprint density at radius 1 is 1.39 bits per heavy atom. The second kappa shape index (κ2) is 5.85. The summed E-state index contributed by atoms with van der Waals surface area (Å²) in [7, 11) is 0. The van der Waals surface area contributed by atoms with E-state index in [0.717, 1.165) is 25.1 Å². The molecule has 3 aromatic rings. The number of nitrogens with zero attached hydrogens (tertiary/aromatic N) is 4. The molecule has 7 heteroatoms. The minimum atomic E-state index is -0.245. The van der Waals surface area contributed by atoms with Crippen molar-refractivity contribution in [1.29, 1.82) is 0 Å². The molecule has 0 aliphatic carbocycles. The van der Waals surface area contributed by atoms with Gasteiger partial charge in [0.1, 0.15) is 11.3 Å². The number of hydrogen-bond acceptors (Lipinski definition) is 4. The largest absolute Gasteiger partial charge is 0.376 e. The second-order valence-corrected chi connectivity index (χ2v) is 5.63. The summed E-state index contributed by atoms with van der Waals surface area (Å²) in [6.07, 6.45) is 9.40. The number of carbonyl (C=O) groups is 1. The Morgan fingerprint density at radius 2 is 2.35 bits per heavy atom. The van der Waals surface area contributed by atoms with E-state index >= 15 is 0 Å². The van der Waals surface area contributed by atoms with Gasteiger partial charge in [0.05, 0.1) is 24.5 Å². The van der Waals surface area contributed by atoms with Crippen molar-refractivity contribution < 1.29 is 9.53 Å². The van der Waals surface area contributed by atoms with Crippen LogP contribution in [0.2, 0.25) is 0 Å². The average Bonchev–Trinajstić information content (AvgIpc) is 3.28. The number of pyridine rings is 1. The highest BCUT2D eigenvalue weighted by Crippen LogP contribution is 2.15. The minimum Gasteiger partial charge on any atom is -0.376 e. The maximum atomic E-state index is 12.3. The first-order valence-corrected chi connectivity index (χ1v) is 7.67. The molecule has 4 heterocycles. The van der Waals surface area contributed by atoms with Crippen LogP contribution >= 0.6 is 0 Å². The normalized spacial score (nSPS) is 17.7. The van der Waals surface area contributed by atoms with E-state index in [0.29, 0.717) is 17.9 Å². The van der Waals surface area contributed by atoms with Crippen molar-refractivity contribution in [2.45, 2.75) is 25.5 Å². The highest BCUT2D eigenvalue weighted by Gasteiger charge is 2.17. The number of ether oxygens (including phenoxy) is 1. The molecule has 0 aromatic carbocycles. The third kappa shape index (κ3) is 2.95. The third-order valence-electron chi connectivity index (χ3n) is 3.90. The number of carbonyl (C=O) groups excluding carboxylic acids is 1. The van der Waals surface area contributed by atoms with Gasteiger partial charge in [-0.2, -0.15) is 5.10 Å². The molecule has 1 aliphatic rings. The Labute approximate surface area is 132 Å². The molecule has 0 radical (unpaired) electrons. The van der Waals surface area contributed by atoms with Gasteiger partial charge in [-0.3, -0.25) is 9.48 Å². The smallest absolute Gasteiger partial charge is 0.275 e. The summed E-state index contributed by atoms with van der Waals surface area (Å²) in [6, 6.07) is 5.64. The Bertz CT molecular complexity index is 799. The molecule has 23 heavy (non-hydrogen) atoms. The summed E-state index contributed by atoms with van der Waals surface area (Å²) in [6.45, 7) is 1.54. The van der Waals surface area contributed by atoms with E-state index < -0.39 is 0 Å². The van der Waals surface area contributed by atoms with Crippen LogP contribution in [0.1, 0.15) is 23.3 Å². The van der Waals surface area contributed by atoms with E-state index in [-0.39, 0.29) is 12.0 Å². The van der Waals surface area contributed by atoms with Crippen LogP contribution in [0.3, 0.4) is 0 Å². The molecule has 1 atom stereocenters. The van der Waals surface area contributed by atoms with Crippen LogP contribution < -0.4 is 5.32 Å². The van der Waals surface area contributed by atoms with E-state index in [1.165, 1.54) is 0 Å². The summed E-state index contributed by atoms with van der Waals surface area (Å²) >= 11 is 0. The number of anilines is 1. The first-order valence-electron chi connectivity index (χ1n) is 7.67. The van der Waals surface area contributed by atoms with Crippen LogP contribution in [-0.2, 0) is 11.3 Å². The van der Waals surface area contributed by atoms with Gasteiger partial charge < -0.3 is 14.5 Å². The first kappa shape index (κ1) is 14.0. The zero-order valence-electron chi connectivity index (χ0n) is 12.6. The van der Waals surface area contributed by atoms with Crippen LogP contribution in [0, 0.1) is 0 Å². The molecular formula is C16H17N5O2. The first-order chi connectivity index (χ1) is 11.3. The lowest BCUT2D eigenvalue weighted by atomic mass is 10.2. The number of fused-ring (bicyclic) bond motifs is 1. The van der Waals surface area contributed by atoms with E-state index in [4.69, 9.17) is 4.74 Å². The molecule has 118 valence electrons. The Balaban J connectivity index is 1.44. The molecule has 1 fully saturated rings.